The number of cyclic esters (lactones) is 1. The molecule has 0 bridgehead atoms. The van der Waals surface area contributed by atoms with Gasteiger partial charge in [-0.15, -0.1) is 0 Å². The molecule has 3 aliphatic heterocycles. The lowest BCUT2D eigenvalue weighted by Gasteiger charge is -2.36. The molecular formula is C55H74F6O11. The first kappa shape index (κ1) is 58.6. The molecule has 0 spiro atoms. The standard InChI is InChI=1S/C55H74F6O11/c1-5-6-7-8-9-10-11-12-13-20-31-45(71-50(64)52(66-3,54(56,57)58)40-24-16-14-17-25-40)47-33-34-48(70-47)46(72-51(65)53(67-4,55(59,60)61)41-26-18-15-19-27-41)32-22-21-28-42(62)37-44-30-23-29-43(69-44)36-39-35-38(2)68-49(39)63/h14-19,24-27,35,38,43-48H,5-13,20-23,28-34,36-37H2,1-4H3/t38-,43-,44+,45+,46+,47+,48+,52+,53+/m0/s1. The van der Waals surface area contributed by atoms with Crippen molar-refractivity contribution in [2.45, 2.75) is 221 Å². The van der Waals surface area contributed by atoms with Crippen LogP contribution in [0.15, 0.2) is 72.3 Å². The molecule has 2 fully saturated rings. The molecule has 0 N–H and O–H groups in total. The Bertz CT molecular complexity index is 2030. The molecule has 2 saturated heterocycles. The zero-order valence-electron chi connectivity index (χ0n) is 42.2. The molecule has 9 atom stereocenters. The van der Waals surface area contributed by atoms with Crippen molar-refractivity contribution in [2.75, 3.05) is 14.2 Å². The summed E-state index contributed by atoms with van der Waals surface area (Å²) < 4.78 is 130. The van der Waals surface area contributed by atoms with Crippen LogP contribution in [0.5, 0.6) is 0 Å². The first-order valence-corrected chi connectivity index (χ1v) is 25.9. The van der Waals surface area contributed by atoms with E-state index in [4.69, 9.17) is 33.2 Å². The molecular weight excluding hydrogens is 951 g/mol. The van der Waals surface area contributed by atoms with Crippen LogP contribution in [0.2, 0.25) is 0 Å². The van der Waals surface area contributed by atoms with Gasteiger partial charge in [-0.2, -0.15) is 26.3 Å². The molecule has 402 valence electrons. The number of ketones is 1. The molecule has 0 aromatic heterocycles. The molecule has 3 aliphatic rings. The summed E-state index contributed by atoms with van der Waals surface area (Å²) in [4.78, 5) is 53.6. The van der Waals surface area contributed by atoms with Gasteiger partial charge < -0.3 is 33.2 Å². The number of unbranched alkanes of at least 4 members (excludes halogenated alkanes) is 10. The Balaban J connectivity index is 1.32. The second-order valence-electron chi connectivity index (χ2n) is 19.5. The van der Waals surface area contributed by atoms with Crippen molar-refractivity contribution in [2.24, 2.45) is 0 Å². The van der Waals surface area contributed by atoms with Gasteiger partial charge in [0.2, 0.25) is 0 Å². The maximum absolute atomic E-state index is 15.1. The van der Waals surface area contributed by atoms with Gasteiger partial charge in [0.25, 0.3) is 11.2 Å². The van der Waals surface area contributed by atoms with Crippen molar-refractivity contribution in [3.05, 3.63) is 83.4 Å². The number of carbonyl (C=O) groups excluding carboxylic acids is 4. The van der Waals surface area contributed by atoms with Crippen molar-refractivity contribution < 1.29 is 78.7 Å². The third-order valence-electron chi connectivity index (χ3n) is 14.1. The number of benzene rings is 2. The fraction of sp³-hybridized carbons (Fsp3) is 0.673. The minimum Gasteiger partial charge on any atom is -0.457 e. The number of alkyl halides is 6. The first-order valence-electron chi connectivity index (χ1n) is 25.9. The van der Waals surface area contributed by atoms with Crippen LogP contribution in [0.4, 0.5) is 26.3 Å². The molecule has 72 heavy (non-hydrogen) atoms. The molecule has 0 radical (unpaired) electrons. The van der Waals surface area contributed by atoms with E-state index in [0.717, 1.165) is 89.9 Å². The van der Waals surface area contributed by atoms with Crippen LogP contribution < -0.4 is 0 Å². The summed E-state index contributed by atoms with van der Waals surface area (Å²) in [5.41, 5.74) is -7.47. The molecule has 0 amide bonds. The molecule has 2 aromatic rings. The summed E-state index contributed by atoms with van der Waals surface area (Å²) in [7, 11) is 1.53. The van der Waals surface area contributed by atoms with Crippen molar-refractivity contribution in [3.63, 3.8) is 0 Å². The van der Waals surface area contributed by atoms with E-state index in [1.165, 1.54) is 49.2 Å². The fourth-order valence-corrected chi connectivity index (χ4v) is 10.3. The number of Topliss-reactive ketones (excluding diaryl/α,β-unsaturated/α-hetero) is 1. The van der Waals surface area contributed by atoms with E-state index < -0.39 is 71.0 Å². The van der Waals surface area contributed by atoms with Gasteiger partial charge in [-0.1, -0.05) is 125 Å². The minimum atomic E-state index is -5.29. The SMILES string of the molecule is CCCCCCCCCCCC[C@@H](OC(=O)[C@](OC)(c1ccccc1)C(F)(F)F)[C@H]1CC[C@H]([C@@H](CCCCC(=O)C[C@H]2CCC[C@@H](CC3=C[C@H](C)OC3=O)O2)OC(=O)[C@](OC)(c2ccccc2)C(F)(F)F)O1. The van der Waals surface area contributed by atoms with Gasteiger partial charge in [-0.05, 0) is 77.2 Å². The second-order valence-corrected chi connectivity index (χ2v) is 19.5. The first-order chi connectivity index (χ1) is 34.4. The van der Waals surface area contributed by atoms with E-state index in [9.17, 15) is 19.2 Å². The molecule has 0 saturated carbocycles. The monoisotopic (exact) mass is 1020 g/mol. The fourth-order valence-electron chi connectivity index (χ4n) is 10.3. The summed E-state index contributed by atoms with van der Waals surface area (Å²) in [5, 5.41) is 0. The van der Waals surface area contributed by atoms with Crippen molar-refractivity contribution in [1.82, 2.24) is 0 Å². The second kappa shape index (κ2) is 27.8. The topological polar surface area (TPSA) is 133 Å². The summed E-state index contributed by atoms with van der Waals surface area (Å²) in [5.74, 6) is -3.91. The van der Waals surface area contributed by atoms with Gasteiger partial charge in [-0.3, -0.25) is 4.79 Å². The highest BCUT2D eigenvalue weighted by atomic mass is 19.4. The van der Waals surface area contributed by atoms with E-state index in [1.54, 1.807) is 13.0 Å². The molecule has 0 unspecified atom stereocenters. The average molecular weight is 1030 g/mol. The molecule has 5 rings (SSSR count). The van der Waals surface area contributed by atoms with Crippen LogP contribution >= 0.6 is 0 Å². The van der Waals surface area contributed by atoms with Gasteiger partial charge in [0, 0.05) is 50.2 Å². The predicted molar refractivity (Wildman–Crippen MR) is 255 cm³/mol. The highest BCUT2D eigenvalue weighted by Crippen LogP contribution is 2.46. The van der Waals surface area contributed by atoms with Gasteiger partial charge in [0.15, 0.2) is 0 Å². The van der Waals surface area contributed by atoms with E-state index in [2.05, 4.69) is 6.92 Å². The maximum atomic E-state index is 15.1. The maximum Gasteiger partial charge on any atom is 0.432 e. The lowest BCUT2D eigenvalue weighted by molar-refractivity contribution is -0.280. The molecule has 3 heterocycles. The Morgan fingerprint density at radius 2 is 1.08 bits per heavy atom. The van der Waals surface area contributed by atoms with E-state index in [1.807, 2.05) is 0 Å². The third-order valence-corrected chi connectivity index (χ3v) is 14.1. The predicted octanol–water partition coefficient (Wildman–Crippen LogP) is 12.6. The van der Waals surface area contributed by atoms with Crippen molar-refractivity contribution in [3.8, 4) is 0 Å². The van der Waals surface area contributed by atoms with Gasteiger partial charge >= 0.3 is 30.3 Å². The lowest BCUT2D eigenvalue weighted by atomic mass is 9.92. The summed E-state index contributed by atoms with van der Waals surface area (Å²) in [6.07, 6.45) is -1.01. The lowest BCUT2D eigenvalue weighted by Crippen LogP contribution is -2.53. The Morgan fingerprint density at radius 1 is 0.625 bits per heavy atom. The van der Waals surface area contributed by atoms with Gasteiger partial charge in [0.05, 0.1) is 24.4 Å². The molecule has 17 heteroatoms. The van der Waals surface area contributed by atoms with Crippen LogP contribution in [-0.4, -0.2) is 93.0 Å². The van der Waals surface area contributed by atoms with Crippen LogP contribution in [0.3, 0.4) is 0 Å². The van der Waals surface area contributed by atoms with Crippen molar-refractivity contribution in [1.29, 1.82) is 0 Å². The number of rotatable bonds is 30. The highest BCUT2D eigenvalue weighted by molar-refractivity contribution is 5.91. The van der Waals surface area contributed by atoms with Crippen LogP contribution in [0.1, 0.15) is 166 Å². The Morgan fingerprint density at radius 3 is 1.53 bits per heavy atom. The Hall–Kier alpha value is -4.32. The van der Waals surface area contributed by atoms with Crippen LogP contribution in [0, 0.1) is 0 Å². The van der Waals surface area contributed by atoms with Crippen LogP contribution in [-0.2, 0) is 63.5 Å². The molecule has 2 aromatic carbocycles. The Labute approximate surface area is 420 Å². The summed E-state index contributed by atoms with van der Waals surface area (Å²) in [6.45, 7) is 3.93. The average Bonchev–Trinajstić information content (AvgIpc) is 3.96. The number of hydrogen-bond donors (Lipinski definition) is 0. The number of ether oxygens (including phenoxy) is 7. The normalized spacial score (nSPS) is 23.1. The third kappa shape index (κ3) is 15.4. The van der Waals surface area contributed by atoms with Crippen LogP contribution in [0.25, 0.3) is 0 Å². The van der Waals surface area contributed by atoms with Gasteiger partial charge in [0.1, 0.15) is 24.1 Å². The summed E-state index contributed by atoms with van der Waals surface area (Å²) >= 11 is 0. The summed E-state index contributed by atoms with van der Waals surface area (Å²) in [6, 6.07) is 12.8. The molecule has 0 aliphatic carbocycles. The van der Waals surface area contributed by atoms with E-state index in [0.29, 0.717) is 31.3 Å². The quantitative estimate of drug-likeness (QED) is 0.0320. The largest absolute Gasteiger partial charge is 0.457 e. The smallest absolute Gasteiger partial charge is 0.432 e. The minimum absolute atomic E-state index is 0.0494. The zero-order chi connectivity index (χ0) is 52.4. The number of carbonyl (C=O) groups is 4. The number of methoxy groups -OCH3 is 2. The van der Waals surface area contributed by atoms with E-state index >= 15 is 26.3 Å². The number of hydrogen-bond acceptors (Lipinski definition) is 11. The Kier molecular flexibility index (Phi) is 22.6. The van der Waals surface area contributed by atoms with Crippen molar-refractivity contribution >= 4 is 23.7 Å². The molecule has 11 nitrogen and oxygen atoms in total. The zero-order valence-corrected chi connectivity index (χ0v) is 42.2. The number of esters is 3. The van der Waals surface area contributed by atoms with Gasteiger partial charge in [-0.25, -0.2) is 14.4 Å². The number of halogens is 6. The van der Waals surface area contributed by atoms with E-state index in [-0.39, 0.29) is 81.4 Å². The highest BCUT2D eigenvalue weighted by Gasteiger charge is 2.66.